The van der Waals surface area contributed by atoms with Crippen molar-refractivity contribution in [3.63, 3.8) is 0 Å². The molecule has 1 aliphatic carbocycles. The van der Waals surface area contributed by atoms with Gasteiger partial charge in [0.25, 0.3) is 0 Å². The summed E-state index contributed by atoms with van der Waals surface area (Å²) in [6.45, 7) is 2.94. The van der Waals surface area contributed by atoms with Gasteiger partial charge >= 0.3 is 0 Å². The fourth-order valence-corrected chi connectivity index (χ4v) is 4.16. The Morgan fingerprint density at radius 2 is 1.86 bits per heavy atom. The number of carbonyl (C=O) groups excluding carboxylic acids is 1. The Kier molecular flexibility index (Phi) is 8.81. The topological polar surface area (TPSA) is 38.3 Å². The lowest BCUT2D eigenvalue weighted by molar-refractivity contribution is -0.0500. The first-order valence-electron chi connectivity index (χ1n) is 10.2. The van der Waals surface area contributed by atoms with Crippen molar-refractivity contribution < 1.29 is 13.9 Å². The van der Waals surface area contributed by atoms with Gasteiger partial charge in [-0.3, -0.25) is 4.79 Å². The summed E-state index contributed by atoms with van der Waals surface area (Å²) >= 11 is 0. The predicted octanol–water partition coefficient (Wildman–Crippen LogP) is 5.59. The molecule has 0 saturated heterocycles. The van der Waals surface area contributed by atoms with Gasteiger partial charge in [0, 0.05) is 25.1 Å². The second-order valence-corrected chi connectivity index (χ2v) is 7.83. The van der Waals surface area contributed by atoms with Crippen molar-refractivity contribution >= 4 is 18.2 Å². The lowest BCUT2D eigenvalue weighted by Crippen LogP contribution is -2.41. The van der Waals surface area contributed by atoms with Gasteiger partial charge in [-0.05, 0) is 75.4 Å². The van der Waals surface area contributed by atoms with E-state index in [2.05, 4.69) is 36.5 Å². The number of hydrogen-bond donors (Lipinski definition) is 1. The van der Waals surface area contributed by atoms with Crippen LogP contribution in [0.1, 0.15) is 60.0 Å². The fourth-order valence-electron chi connectivity index (χ4n) is 4.16. The first kappa shape index (κ1) is 23.5. The standard InChI is InChI=1S/C24H30FNO2.ClH/c1-18-5-3-6-20(17-18)24(28-2)14-12-22(13-15-24)26-16-4-7-23(27)19-8-10-21(25)11-9-19;/h3,5-6,8-11,17,22,26H,4,7,12-16H2,1-2H3;1H/t22-,24-;. The first-order chi connectivity index (χ1) is 13.5. The number of carbonyl (C=O) groups is 1. The molecule has 5 heteroatoms. The summed E-state index contributed by atoms with van der Waals surface area (Å²) in [5, 5.41) is 3.59. The molecule has 0 heterocycles. The van der Waals surface area contributed by atoms with Crippen LogP contribution in [0.4, 0.5) is 4.39 Å². The molecule has 1 N–H and O–H groups in total. The maximum absolute atomic E-state index is 12.9. The van der Waals surface area contributed by atoms with Crippen molar-refractivity contribution in [2.24, 2.45) is 0 Å². The fraction of sp³-hybridized carbons (Fsp3) is 0.458. The quantitative estimate of drug-likeness (QED) is 0.447. The molecule has 0 spiro atoms. The molecular formula is C24H31ClFNO2. The molecule has 3 rings (SSSR count). The molecule has 1 aliphatic rings. The molecule has 0 unspecified atom stereocenters. The highest BCUT2D eigenvalue weighted by Gasteiger charge is 2.36. The van der Waals surface area contributed by atoms with E-state index in [1.165, 1.54) is 23.3 Å². The smallest absolute Gasteiger partial charge is 0.162 e. The minimum atomic E-state index is -0.312. The molecule has 0 aromatic heterocycles. The van der Waals surface area contributed by atoms with Crippen molar-refractivity contribution in [3.05, 3.63) is 71.0 Å². The number of nitrogens with one attached hydrogen (secondary N) is 1. The van der Waals surface area contributed by atoms with Crippen molar-refractivity contribution in [3.8, 4) is 0 Å². The van der Waals surface area contributed by atoms with Gasteiger partial charge in [-0.1, -0.05) is 29.8 Å². The third kappa shape index (κ3) is 6.11. The van der Waals surface area contributed by atoms with Crippen LogP contribution >= 0.6 is 12.4 Å². The summed E-state index contributed by atoms with van der Waals surface area (Å²) in [5.41, 5.74) is 2.95. The molecule has 2 aromatic carbocycles. The summed E-state index contributed by atoms with van der Waals surface area (Å²) in [6, 6.07) is 14.9. The van der Waals surface area contributed by atoms with E-state index in [9.17, 15) is 9.18 Å². The molecule has 1 fully saturated rings. The average molecular weight is 420 g/mol. The highest BCUT2D eigenvalue weighted by molar-refractivity contribution is 5.95. The number of methoxy groups -OCH3 is 1. The summed E-state index contributed by atoms with van der Waals surface area (Å²) in [6.07, 6.45) is 5.40. The van der Waals surface area contributed by atoms with E-state index in [4.69, 9.17) is 4.74 Å². The van der Waals surface area contributed by atoms with E-state index in [-0.39, 0.29) is 29.6 Å². The minimum absolute atomic E-state index is 0. The molecule has 0 aliphatic heterocycles. The maximum Gasteiger partial charge on any atom is 0.162 e. The first-order valence-corrected chi connectivity index (χ1v) is 10.2. The molecule has 1 saturated carbocycles. The molecule has 3 nitrogen and oxygen atoms in total. The van der Waals surface area contributed by atoms with Crippen LogP contribution in [0.3, 0.4) is 0 Å². The van der Waals surface area contributed by atoms with Gasteiger partial charge in [0.05, 0.1) is 5.60 Å². The van der Waals surface area contributed by atoms with Gasteiger partial charge in [0.1, 0.15) is 5.82 Å². The third-order valence-corrected chi connectivity index (χ3v) is 5.91. The molecule has 158 valence electrons. The van der Waals surface area contributed by atoms with Crippen LogP contribution in [0.2, 0.25) is 0 Å². The Morgan fingerprint density at radius 3 is 2.48 bits per heavy atom. The number of halogens is 2. The van der Waals surface area contributed by atoms with Crippen LogP contribution < -0.4 is 5.32 Å². The molecule has 2 aromatic rings. The van der Waals surface area contributed by atoms with Gasteiger partial charge in [-0.25, -0.2) is 4.39 Å². The SMILES string of the molecule is CO[C@]1(c2cccc(C)c2)CC[C@@H](NCCCC(=O)c2ccc(F)cc2)CC1.Cl. The van der Waals surface area contributed by atoms with Gasteiger partial charge in [-0.2, -0.15) is 0 Å². The summed E-state index contributed by atoms with van der Waals surface area (Å²) in [7, 11) is 1.82. The largest absolute Gasteiger partial charge is 0.374 e. The lowest BCUT2D eigenvalue weighted by atomic mass is 9.77. The third-order valence-electron chi connectivity index (χ3n) is 5.91. The maximum atomic E-state index is 12.9. The molecule has 0 bridgehead atoms. The van der Waals surface area contributed by atoms with E-state index in [0.29, 0.717) is 18.0 Å². The van der Waals surface area contributed by atoms with Crippen LogP contribution in [0, 0.1) is 12.7 Å². The number of Topliss-reactive ketones (excluding diaryl/α,β-unsaturated/α-hetero) is 1. The van der Waals surface area contributed by atoms with Crippen LogP contribution in [0.15, 0.2) is 48.5 Å². The van der Waals surface area contributed by atoms with Crippen LogP contribution in [0.5, 0.6) is 0 Å². The average Bonchev–Trinajstić information content (AvgIpc) is 2.72. The van der Waals surface area contributed by atoms with Crippen molar-refractivity contribution in [2.75, 3.05) is 13.7 Å². The van der Waals surface area contributed by atoms with E-state index in [1.807, 2.05) is 7.11 Å². The monoisotopic (exact) mass is 419 g/mol. The van der Waals surface area contributed by atoms with Crippen molar-refractivity contribution in [2.45, 2.75) is 57.1 Å². The number of aryl methyl sites for hydroxylation is 1. The molecular weight excluding hydrogens is 389 g/mol. The lowest BCUT2D eigenvalue weighted by Gasteiger charge is -2.40. The Hall–Kier alpha value is -1.75. The highest BCUT2D eigenvalue weighted by atomic mass is 35.5. The van der Waals surface area contributed by atoms with E-state index in [0.717, 1.165) is 38.6 Å². The number of benzene rings is 2. The van der Waals surface area contributed by atoms with E-state index >= 15 is 0 Å². The normalized spacial score (nSPS) is 21.4. The number of hydrogen-bond acceptors (Lipinski definition) is 3. The van der Waals surface area contributed by atoms with Crippen LogP contribution in [0.25, 0.3) is 0 Å². The Morgan fingerprint density at radius 1 is 1.17 bits per heavy atom. The van der Waals surface area contributed by atoms with Crippen LogP contribution in [-0.2, 0) is 10.3 Å². The second-order valence-electron chi connectivity index (χ2n) is 7.83. The number of rotatable bonds is 8. The number of ketones is 1. The Labute approximate surface area is 179 Å². The van der Waals surface area contributed by atoms with Crippen molar-refractivity contribution in [1.82, 2.24) is 5.32 Å². The summed E-state index contributed by atoms with van der Waals surface area (Å²) < 4.78 is 18.9. The van der Waals surface area contributed by atoms with Gasteiger partial charge < -0.3 is 10.1 Å². The zero-order chi connectivity index (χ0) is 20.0. The minimum Gasteiger partial charge on any atom is -0.374 e. The Balaban J connectivity index is 0.00000300. The summed E-state index contributed by atoms with van der Waals surface area (Å²) in [4.78, 5) is 12.1. The number of ether oxygens (including phenoxy) is 1. The zero-order valence-electron chi connectivity index (χ0n) is 17.2. The molecule has 0 amide bonds. The van der Waals surface area contributed by atoms with Gasteiger partial charge in [0.15, 0.2) is 5.78 Å². The van der Waals surface area contributed by atoms with E-state index < -0.39 is 0 Å². The predicted molar refractivity (Wildman–Crippen MR) is 117 cm³/mol. The molecule has 0 atom stereocenters. The van der Waals surface area contributed by atoms with Gasteiger partial charge in [-0.15, -0.1) is 12.4 Å². The van der Waals surface area contributed by atoms with Gasteiger partial charge in [0.2, 0.25) is 0 Å². The van der Waals surface area contributed by atoms with Crippen LogP contribution in [-0.4, -0.2) is 25.5 Å². The Bertz CT molecular complexity index is 786. The molecule has 0 radical (unpaired) electrons. The van der Waals surface area contributed by atoms with E-state index in [1.54, 1.807) is 12.1 Å². The second kappa shape index (κ2) is 10.9. The molecule has 29 heavy (non-hydrogen) atoms. The summed E-state index contributed by atoms with van der Waals surface area (Å²) in [5.74, 6) is -0.239. The highest BCUT2D eigenvalue weighted by Crippen LogP contribution is 2.40. The van der Waals surface area contributed by atoms with Crippen molar-refractivity contribution in [1.29, 1.82) is 0 Å². The zero-order valence-corrected chi connectivity index (χ0v) is 18.1.